The van der Waals surface area contributed by atoms with E-state index >= 15 is 0 Å². The van der Waals surface area contributed by atoms with E-state index in [0.717, 1.165) is 51.4 Å². The van der Waals surface area contributed by atoms with Gasteiger partial charge in [-0.3, -0.25) is 0 Å². The molecule has 0 bridgehead atoms. The molecule has 2 unspecified atom stereocenters. The number of epoxide rings is 1. The van der Waals surface area contributed by atoms with E-state index in [1.807, 2.05) is 6.92 Å². The van der Waals surface area contributed by atoms with Crippen molar-refractivity contribution in [3.63, 3.8) is 0 Å². The molecule has 1 aromatic carbocycles. The van der Waals surface area contributed by atoms with Crippen molar-refractivity contribution in [2.75, 3.05) is 6.61 Å². The highest BCUT2D eigenvalue weighted by molar-refractivity contribution is 6.74. The molecular formula is C36H56O4Si. The van der Waals surface area contributed by atoms with E-state index in [1.54, 1.807) is 0 Å². The van der Waals surface area contributed by atoms with Gasteiger partial charge in [-0.25, -0.2) is 0 Å². The Morgan fingerprint density at radius 2 is 1.88 bits per heavy atom. The minimum Gasteiger partial charge on any atom is -0.414 e. The van der Waals surface area contributed by atoms with Crippen molar-refractivity contribution in [1.29, 1.82) is 0 Å². The minimum atomic E-state index is -1.82. The number of benzene rings is 1. The lowest BCUT2D eigenvalue weighted by Gasteiger charge is -2.38. The molecule has 1 spiro atoms. The van der Waals surface area contributed by atoms with Gasteiger partial charge in [-0.05, 0) is 111 Å². The zero-order chi connectivity index (χ0) is 29.6. The van der Waals surface area contributed by atoms with Crippen molar-refractivity contribution in [1.82, 2.24) is 0 Å². The summed E-state index contributed by atoms with van der Waals surface area (Å²) >= 11 is 0. The first-order valence-electron chi connectivity index (χ1n) is 16.5. The quantitative estimate of drug-likeness (QED) is 0.120. The van der Waals surface area contributed by atoms with Crippen LogP contribution in [0.5, 0.6) is 0 Å². The van der Waals surface area contributed by atoms with Gasteiger partial charge in [-0.1, -0.05) is 76.3 Å². The standard InChI is InChI=1S/C36H56O4Si/c1-8-28(38)17-13-12-14-25(2)36(27-15-10-9-11-16-27)35(40-36)24-32-30(33(35)20-21-37)19-18-26-22-29(23-31(26)32)39-41(6,7)34(3,4)5/h9-11,14-16,18-19,26,28-33,37-38H,8,12-13,17,20-24H2,1-7H3/b25-14+/t26-,28+,29-,30-,31-,32-,33+,35?,36?/m1/s1. The maximum atomic E-state index is 10.3. The van der Waals surface area contributed by atoms with E-state index in [9.17, 15) is 10.2 Å². The lowest BCUT2D eigenvalue weighted by molar-refractivity contribution is 0.158. The predicted molar refractivity (Wildman–Crippen MR) is 170 cm³/mol. The van der Waals surface area contributed by atoms with Crippen molar-refractivity contribution in [3.8, 4) is 0 Å². The van der Waals surface area contributed by atoms with Gasteiger partial charge in [-0.15, -0.1) is 0 Å². The highest BCUT2D eigenvalue weighted by Gasteiger charge is 2.79. The third-order valence-electron chi connectivity index (χ3n) is 11.8. The number of rotatable bonds is 11. The smallest absolute Gasteiger partial charge is 0.192 e. The SMILES string of the molecule is CC[C@H](O)CCC/C=C(\C)C1(c2ccccc2)OC12C[C@@H]1[C@@H](C=C[C@@H]3C[C@@H](O[Si](C)(C)C(C)(C)C)C[C@@H]13)[C@@H]2CCO. The maximum Gasteiger partial charge on any atom is 0.192 e. The van der Waals surface area contributed by atoms with Gasteiger partial charge in [0.1, 0.15) is 11.2 Å². The Labute approximate surface area is 250 Å². The van der Waals surface area contributed by atoms with Gasteiger partial charge < -0.3 is 19.4 Å². The Kier molecular flexibility index (Phi) is 8.89. The van der Waals surface area contributed by atoms with E-state index < -0.39 is 13.9 Å². The molecule has 5 heteroatoms. The molecule has 1 aromatic rings. The van der Waals surface area contributed by atoms with Crippen LogP contribution in [0.1, 0.15) is 91.5 Å². The van der Waals surface area contributed by atoms with Crippen LogP contribution < -0.4 is 0 Å². The monoisotopic (exact) mass is 580 g/mol. The van der Waals surface area contributed by atoms with Crippen LogP contribution in [0, 0.1) is 29.6 Å². The second-order valence-electron chi connectivity index (χ2n) is 15.2. The fourth-order valence-electron chi connectivity index (χ4n) is 8.66. The van der Waals surface area contributed by atoms with Crippen LogP contribution in [0.15, 0.2) is 54.1 Å². The van der Waals surface area contributed by atoms with Crippen LogP contribution in [-0.2, 0) is 14.8 Å². The van der Waals surface area contributed by atoms with Crippen molar-refractivity contribution in [2.45, 2.75) is 128 Å². The fourth-order valence-corrected chi connectivity index (χ4v) is 10.0. The number of ether oxygens (including phenoxy) is 1. The van der Waals surface area contributed by atoms with Gasteiger partial charge in [-0.2, -0.15) is 0 Å². The minimum absolute atomic E-state index is 0.195. The van der Waals surface area contributed by atoms with Crippen molar-refractivity contribution in [2.24, 2.45) is 29.6 Å². The third-order valence-corrected chi connectivity index (χ3v) is 16.4. The van der Waals surface area contributed by atoms with Crippen LogP contribution in [0.25, 0.3) is 0 Å². The largest absolute Gasteiger partial charge is 0.414 e. The summed E-state index contributed by atoms with van der Waals surface area (Å²) in [6.07, 6.45) is 15.2. The van der Waals surface area contributed by atoms with E-state index in [4.69, 9.17) is 9.16 Å². The number of hydrogen-bond acceptors (Lipinski definition) is 4. The van der Waals surface area contributed by atoms with Crippen LogP contribution in [0.3, 0.4) is 0 Å². The van der Waals surface area contributed by atoms with Gasteiger partial charge in [0.25, 0.3) is 0 Å². The molecule has 2 N–H and O–H groups in total. The highest BCUT2D eigenvalue weighted by atomic mass is 28.4. The average Bonchev–Trinajstić information content (AvgIpc) is 3.26. The van der Waals surface area contributed by atoms with E-state index in [-0.39, 0.29) is 23.4 Å². The molecule has 4 aliphatic rings. The molecule has 3 fully saturated rings. The molecule has 0 amide bonds. The number of unbranched alkanes of at least 4 members (excludes halogenated alkanes) is 1. The Balaban J connectivity index is 1.42. The lowest BCUT2D eigenvalue weighted by atomic mass is 9.71. The summed E-state index contributed by atoms with van der Waals surface area (Å²) in [6, 6.07) is 10.8. The van der Waals surface area contributed by atoms with E-state index in [0.29, 0.717) is 35.7 Å². The normalized spacial score (nSPS) is 37.3. The molecule has 5 rings (SSSR count). The summed E-state index contributed by atoms with van der Waals surface area (Å²) < 4.78 is 14.2. The average molecular weight is 581 g/mol. The topological polar surface area (TPSA) is 62.2 Å². The molecule has 1 aliphatic heterocycles. The molecule has 4 nitrogen and oxygen atoms in total. The Hall–Kier alpha value is -1.24. The van der Waals surface area contributed by atoms with Gasteiger partial charge in [0.15, 0.2) is 8.32 Å². The zero-order valence-corrected chi connectivity index (χ0v) is 27.7. The Morgan fingerprint density at radius 3 is 2.54 bits per heavy atom. The molecular weight excluding hydrogens is 524 g/mol. The van der Waals surface area contributed by atoms with Crippen LogP contribution in [0.2, 0.25) is 18.1 Å². The second kappa shape index (κ2) is 11.7. The first-order valence-corrected chi connectivity index (χ1v) is 19.4. The van der Waals surface area contributed by atoms with Crippen molar-refractivity contribution < 1.29 is 19.4 Å². The molecule has 1 heterocycles. The van der Waals surface area contributed by atoms with Crippen molar-refractivity contribution >= 4 is 8.32 Å². The first kappa shape index (κ1) is 31.2. The molecule has 0 radical (unpaired) electrons. The summed E-state index contributed by atoms with van der Waals surface area (Å²) in [6.45, 7) is 16.3. The summed E-state index contributed by atoms with van der Waals surface area (Å²) in [5, 5.41) is 20.6. The summed E-state index contributed by atoms with van der Waals surface area (Å²) in [7, 11) is -1.82. The molecule has 0 aromatic heterocycles. The number of aliphatic hydroxyl groups excluding tert-OH is 2. The highest BCUT2D eigenvalue weighted by Crippen LogP contribution is 2.74. The maximum absolute atomic E-state index is 10.3. The number of aliphatic hydroxyl groups is 2. The Bertz CT molecular complexity index is 1110. The lowest BCUT2D eigenvalue weighted by Crippen LogP contribution is -2.43. The van der Waals surface area contributed by atoms with E-state index in [1.165, 1.54) is 11.1 Å². The second-order valence-corrected chi connectivity index (χ2v) is 19.9. The number of hydrogen-bond donors (Lipinski definition) is 2. The number of allylic oxidation sites excluding steroid dienone is 3. The van der Waals surface area contributed by atoms with Crippen LogP contribution in [-0.4, -0.2) is 42.9 Å². The number of fused-ring (bicyclic) bond motifs is 3. The fraction of sp³-hybridized carbons (Fsp3) is 0.722. The predicted octanol–water partition coefficient (Wildman–Crippen LogP) is 8.16. The molecule has 3 aliphatic carbocycles. The van der Waals surface area contributed by atoms with Gasteiger partial charge in [0.2, 0.25) is 0 Å². The van der Waals surface area contributed by atoms with Gasteiger partial charge in [0.05, 0.1) is 6.10 Å². The van der Waals surface area contributed by atoms with Crippen molar-refractivity contribution in [3.05, 3.63) is 59.7 Å². The van der Waals surface area contributed by atoms with Crippen LogP contribution in [0.4, 0.5) is 0 Å². The summed E-state index contributed by atoms with van der Waals surface area (Å²) in [4.78, 5) is 0. The zero-order valence-electron chi connectivity index (χ0n) is 26.7. The summed E-state index contributed by atoms with van der Waals surface area (Å²) in [5.74, 6) is 2.50. The van der Waals surface area contributed by atoms with E-state index in [2.05, 4.69) is 89.3 Å². The molecule has 228 valence electrons. The Morgan fingerprint density at radius 1 is 1.15 bits per heavy atom. The van der Waals surface area contributed by atoms with Gasteiger partial charge in [0, 0.05) is 18.6 Å². The molecule has 41 heavy (non-hydrogen) atoms. The van der Waals surface area contributed by atoms with Crippen LogP contribution >= 0.6 is 0 Å². The molecule has 2 saturated carbocycles. The third kappa shape index (κ3) is 5.48. The first-order chi connectivity index (χ1) is 19.4. The summed E-state index contributed by atoms with van der Waals surface area (Å²) in [5.41, 5.74) is 1.82. The molecule has 9 atom stereocenters. The molecule has 1 saturated heterocycles. The van der Waals surface area contributed by atoms with Gasteiger partial charge >= 0.3 is 0 Å².